The van der Waals surface area contributed by atoms with Gasteiger partial charge in [-0.3, -0.25) is 4.98 Å². The molecule has 1 aromatic heterocycles. The number of pyridine rings is 1. The Hall–Kier alpha value is -1.55. The molecule has 0 amide bonds. The summed E-state index contributed by atoms with van der Waals surface area (Å²) in [5.74, 6) is -3.34. The molecule has 0 aliphatic heterocycles. The van der Waals surface area contributed by atoms with E-state index in [0.29, 0.717) is 17.8 Å². The van der Waals surface area contributed by atoms with E-state index in [9.17, 15) is 13.2 Å². The first-order valence-corrected chi connectivity index (χ1v) is 6.13. The molecule has 0 spiro atoms. The highest BCUT2D eigenvalue weighted by Crippen LogP contribution is 2.37. The van der Waals surface area contributed by atoms with Crippen molar-refractivity contribution in [3.63, 3.8) is 0 Å². The number of hydrogen-bond donors (Lipinski definition) is 0. The van der Waals surface area contributed by atoms with Crippen molar-refractivity contribution in [3.8, 4) is 0 Å². The lowest BCUT2D eigenvalue weighted by molar-refractivity contribution is 0.510. The van der Waals surface area contributed by atoms with E-state index in [1.807, 2.05) is 0 Å². The van der Waals surface area contributed by atoms with Crippen LogP contribution in [0.25, 0.3) is 0 Å². The Kier molecular flexibility index (Phi) is 4.10. The van der Waals surface area contributed by atoms with Crippen LogP contribution in [0.2, 0.25) is 0 Å². The minimum absolute atomic E-state index is 0.332. The van der Waals surface area contributed by atoms with E-state index in [1.54, 1.807) is 31.3 Å². The summed E-state index contributed by atoms with van der Waals surface area (Å²) < 4.78 is 40.2. The number of nitrogens with zero attached hydrogens (tertiary/aromatic N) is 1. The predicted molar refractivity (Wildman–Crippen MR) is 67.6 cm³/mol. The molecule has 19 heavy (non-hydrogen) atoms. The smallest absolute Gasteiger partial charge is 0.133 e. The van der Waals surface area contributed by atoms with Crippen molar-refractivity contribution in [1.29, 1.82) is 0 Å². The second-order valence-corrected chi connectivity index (χ2v) is 4.70. The Morgan fingerprint density at radius 2 is 1.74 bits per heavy atom. The van der Waals surface area contributed by atoms with Crippen molar-refractivity contribution in [2.75, 3.05) is 0 Å². The van der Waals surface area contributed by atoms with Gasteiger partial charge < -0.3 is 0 Å². The number of rotatable bonds is 3. The molecule has 0 saturated heterocycles. The molecule has 0 fully saturated rings. The largest absolute Gasteiger partial charge is 0.261 e. The molecule has 0 aliphatic carbocycles. The van der Waals surface area contributed by atoms with Gasteiger partial charge >= 0.3 is 0 Å². The fourth-order valence-electron chi connectivity index (χ4n) is 1.86. The first-order chi connectivity index (χ1) is 9.00. The third-order valence-electron chi connectivity index (χ3n) is 2.91. The second-order valence-electron chi connectivity index (χ2n) is 4.23. The Balaban J connectivity index is 2.37. The van der Waals surface area contributed by atoms with Crippen LogP contribution in [0.5, 0.6) is 0 Å². The zero-order chi connectivity index (χ0) is 14.0. The van der Waals surface area contributed by atoms with Crippen LogP contribution in [0.4, 0.5) is 13.2 Å². The Bertz CT molecular complexity index is 551. The van der Waals surface area contributed by atoms with Gasteiger partial charge in [-0.1, -0.05) is 13.0 Å². The van der Waals surface area contributed by atoms with Crippen molar-refractivity contribution in [1.82, 2.24) is 4.98 Å². The summed E-state index contributed by atoms with van der Waals surface area (Å²) in [5.41, 5.74) is 0.284. The average Bonchev–Trinajstić information content (AvgIpc) is 2.37. The van der Waals surface area contributed by atoms with E-state index in [2.05, 4.69) is 4.98 Å². The maximum absolute atomic E-state index is 13.7. The summed E-state index contributed by atoms with van der Waals surface area (Å²) in [7, 11) is 0. The maximum Gasteiger partial charge on any atom is 0.133 e. The molecule has 1 heterocycles. The van der Waals surface area contributed by atoms with E-state index in [0.717, 1.165) is 0 Å². The molecule has 0 bridgehead atoms. The molecule has 2 unspecified atom stereocenters. The first-order valence-electron chi connectivity index (χ1n) is 5.70. The fourth-order valence-corrected chi connectivity index (χ4v) is 2.20. The van der Waals surface area contributed by atoms with Crippen LogP contribution in [-0.2, 0) is 0 Å². The minimum Gasteiger partial charge on any atom is -0.261 e. The van der Waals surface area contributed by atoms with Crippen LogP contribution in [0, 0.1) is 17.5 Å². The summed E-state index contributed by atoms with van der Waals surface area (Å²) in [4.78, 5) is 4.10. The molecule has 0 saturated carbocycles. The number of benzene rings is 1. The normalized spacial score (nSPS) is 14.2. The highest BCUT2D eigenvalue weighted by molar-refractivity contribution is 6.21. The standard InChI is InChI=1S/C14H11ClF3N/c1-8(12-4-2-3-5-19-12)14(15)13-10(17)6-9(16)7-11(13)18/h2-8,14H,1H3. The minimum atomic E-state index is -0.986. The lowest BCUT2D eigenvalue weighted by Crippen LogP contribution is -2.09. The summed E-state index contributed by atoms with van der Waals surface area (Å²) in [5, 5.41) is -0.963. The Labute approximate surface area is 114 Å². The lowest BCUT2D eigenvalue weighted by Gasteiger charge is -2.19. The van der Waals surface area contributed by atoms with Gasteiger partial charge in [0.25, 0.3) is 0 Å². The molecule has 0 aliphatic rings. The van der Waals surface area contributed by atoms with Crippen LogP contribution in [0.3, 0.4) is 0 Å². The van der Waals surface area contributed by atoms with Crippen LogP contribution < -0.4 is 0 Å². The van der Waals surface area contributed by atoms with E-state index in [4.69, 9.17) is 11.6 Å². The van der Waals surface area contributed by atoms with Crippen LogP contribution >= 0.6 is 11.6 Å². The van der Waals surface area contributed by atoms with Gasteiger partial charge in [0.15, 0.2) is 0 Å². The molecule has 1 nitrogen and oxygen atoms in total. The molecule has 100 valence electrons. The van der Waals surface area contributed by atoms with Crippen LogP contribution in [-0.4, -0.2) is 4.98 Å². The summed E-state index contributed by atoms with van der Waals surface area (Å²) in [6.45, 7) is 1.71. The maximum atomic E-state index is 13.7. The number of aromatic nitrogens is 1. The van der Waals surface area contributed by atoms with Crippen molar-refractivity contribution < 1.29 is 13.2 Å². The van der Waals surface area contributed by atoms with Gasteiger partial charge in [0, 0.05) is 35.5 Å². The molecular weight excluding hydrogens is 275 g/mol. The molecule has 2 rings (SSSR count). The molecule has 0 radical (unpaired) electrons. The average molecular weight is 286 g/mol. The molecule has 5 heteroatoms. The van der Waals surface area contributed by atoms with Gasteiger partial charge in [0.1, 0.15) is 17.5 Å². The van der Waals surface area contributed by atoms with Crippen molar-refractivity contribution in [3.05, 3.63) is 65.2 Å². The summed E-state index contributed by atoms with van der Waals surface area (Å²) >= 11 is 6.11. The highest BCUT2D eigenvalue weighted by atomic mass is 35.5. The van der Waals surface area contributed by atoms with Gasteiger partial charge in [-0.15, -0.1) is 11.6 Å². The lowest BCUT2D eigenvalue weighted by atomic mass is 9.96. The van der Waals surface area contributed by atoms with Crippen molar-refractivity contribution in [2.45, 2.75) is 18.2 Å². The molecule has 1 aromatic carbocycles. The number of halogens is 4. The quantitative estimate of drug-likeness (QED) is 0.752. The topological polar surface area (TPSA) is 12.9 Å². The predicted octanol–water partition coefficient (Wildman–Crippen LogP) is 4.58. The molecule has 2 atom stereocenters. The number of alkyl halides is 1. The second kappa shape index (κ2) is 5.61. The first kappa shape index (κ1) is 13.9. The SMILES string of the molecule is CC(c1ccccn1)C(Cl)c1c(F)cc(F)cc1F. The summed E-state index contributed by atoms with van der Waals surface area (Å²) in [6.07, 6.45) is 1.58. The summed E-state index contributed by atoms with van der Waals surface area (Å²) in [6, 6.07) is 6.47. The van der Waals surface area contributed by atoms with E-state index >= 15 is 0 Å². The fraction of sp³-hybridized carbons (Fsp3) is 0.214. The van der Waals surface area contributed by atoms with Crippen LogP contribution in [0.15, 0.2) is 36.5 Å². The highest BCUT2D eigenvalue weighted by Gasteiger charge is 2.26. The van der Waals surface area contributed by atoms with E-state index in [1.165, 1.54) is 0 Å². The zero-order valence-electron chi connectivity index (χ0n) is 10.1. The van der Waals surface area contributed by atoms with Gasteiger partial charge in [0.2, 0.25) is 0 Å². The van der Waals surface area contributed by atoms with Crippen molar-refractivity contribution >= 4 is 11.6 Å². The Morgan fingerprint density at radius 3 is 2.26 bits per heavy atom. The zero-order valence-corrected chi connectivity index (χ0v) is 10.8. The third-order valence-corrected chi connectivity index (χ3v) is 3.51. The van der Waals surface area contributed by atoms with Crippen molar-refractivity contribution in [2.24, 2.45) is 0 Å². The van der Waals surface area contributed by atoms with Crippen LogP contribution in [0.1, 0.15) is 29.5 Å². The molecular formula is C14H11ClF3N. The third kappa shape index (κ3) is 2.89. The van der Waals surface area contributed by atoms with Gasteiger partial charge in [-0.2, -0.15) is 0 Å². The Morgan fingerprint density at radius 1 is 1.11 bits per heavy atom. The van der Waals surface area contributed by atoms with Gasteiger partial charge in [-0.25, -0.2) is 13.2 Å². The van der Waals surface area contributed by atoms with Gasteiger partial charge in [-0.05, 0) is 12.1 Å². The monoisotopic (exact) mass is 285 g/mol. The molecule has 0 N–H and O–H groups in total. The van der Waals surface area contributed by atoms with E-state index < -0.39 is 28.7 Å². The van der Waals surface area contributed by atoms with E-state index in [-0.39, 0.29) is 5.56 Å². The van der Waals surface area contributed by atoms with Gasteiger partial charge in [0.05, 0.1) is 5.38 Å². The number of hydrogen-bond acceptors (Lipinski definition) is 1. The molecule has 2 aromatic rings.